The van der Waals surface area contributed by atoms with Crippen molar-refractivity contribution in [2.75, 3.05) is 32.5 Å². The van der Waals surface area contributed by atoms with Crippen molar-refractivity contribution in [2.24, 2.45) is 5.73 Å². The molecule has 7 nitrogen and oxygen atoms in total. The number of quaternary nitrogens is 1. The first kappa shape index (κ1) is 19.5. The molecule has 136 valence electrons. The van der Waals surface area contributed by atoms with Crippen LogP contribution >= 0.6 is 24.2 Å². The maximum absolute atomic E-state index is 12.0. The standard InChI is InChI=1S/C15H23N3O4S.ClH/c1-18(5-2-3-10(18)4-6-19)7-9-8-23-14-11(16)13(20)17(14)12(9)15(21)22;/h10-11,14,19H,2-8,16H2,1H3;1H/t10?,11?,14-,18?;/m0./s1. The number of carbonyl (C=O) groups excluding carboxylic acids is 2. The Morgan fingerprint density at radius 2 is 2.25 bits per heavy atom. The molecular weight excluding hydrogens is 354 g/mol. The Balaban J connectivity index is 0.00000208. The van der Waals surface area contributed by atoms with Crippen LogP contribution in [0, 0.1) is 0 Å². The third kappa shape index (κ3) is 3.06. The largest absolute Gasteiger partial charge is 0.543 e. The van der Waals surface area contributed by atoms with Crippen molar-refractivity contribution in [1.29, 1.82) is 0 Å². The fraction of sp³-hybridized carbons (Fsp3) is 0.733. The summed E-state index contributed by atoms with van der Waals surface area (Å²) >= 11 is 1.52. The Bertz CT molecular complexity index is 573. The summed E-state index contributed by atoms with van der Waals surface area (Å²) < 4.78 is 0.714. The molecule has 3 N–H and O–H groups in total. The van der Waals surface area contributed by atoms with Crippen molar-refractivity contribution in [3.8, 4) is 0 Å². The van der Waals surface area contributed by atoms with E-state index < -0.39 is 12.0 Å². The zero-order valence-corrected chi connectivity index (χ0v) is 15.3. The van der Waals surface area contributed by atoms with E-state index in [2.05, 4.69) is 7.05 Å². The number of fused-ring (bicyclic) bond motifs is 1. The van der Waals surface area contributed by atoms with Crippen LogP contribution in [0.1, 0.15) is 19.3 Å². The molecular formula is C15H24ClN3O4S. The molecule has 3 rings (SSSR count). The molecule has 1 amide bonds. The minimum atomic E-state index is -1.30. The first-order chi connectivity index (χ1) is 10.9. The molecule has 24 heavy (non-hydrogen) atoms. The van der Waals surface area contributed by atoms with Gasteiger partial charge in [0, 0.05) is 37.2 Å². The molecule has 3 unspecified atom stereocenters. The molecule has 3 aliphatic heterocycles. The average Bonchev–Trinajstić information content (AvgIpc) is 2.87. The number of aliphatic hydroxyl groups is 1. The molecule has 3 aliphatic rings. The van der Waals surface area contributed by atoms with Gasteiger partial charge in [-0.1, -0.05) is 0 Å². The van der Waals surface area contributed by atoms with Gasteiger partial charge in [0.1, 0.15) is 18.0 Å². The number of aliphatic hydroxyl groups excluding tert-OH is 1. The summed E-state index contributed by atoms with van der Waals surface area (Å²) in [6.45, 7) is 1.67. The number of halogens is 1. The fourth-order valence-corrected chi connectivity index (χ4v) is 5.40. The molecule has 2 fully saturated rings. The van der Waals surface area contributed by atoms with Crippen LogP contribution in [0.4, 0.5) is 0 Å². The Morgan fingerprint density at radius 1 is 1.54 bits per heavy atom. The topological polar surface area (TPSA) is 107 Å². The number of thioether (sulfide) groups is 1. The number of amides is 1. The second-order valence-corrected chi connectivity index (χ2v) is 7.95. The summed E-state index contributed by atoms with van der Waals surface area (Å²) in [5.41, 5.74) is 6.53. The van der Waals surface area contributed by atoms with E-state index in [9.17, 15) is 19.8 Å². The number of carboxylic acids is 1. The maximum atomic E-state index is 12.0. The summed E-state index contributed by atoms with van der Waals surface area (Å²) in [6, 6.07) is -0.290. The van der Waals surface area contributed by atoms with Crippen LogP contribution in [0.2, 0.25) is 0 Å². The molecule has 0 saturated carbocycles. The molecule has 4 atom stereocenters. The van der Waals surface area contributed by atoms with E-state index in [-0.39, 0.29) is 36.0 Å². The highest BCUT2D eigenvalue weighted by Crippen LogP contribution is 2.40. The monoisotopic (exact) mass is 377 g/mol. The van der Waals surface area contributed by atoms with Gasteiger partial charge in [-0.2, -0.15) is 0 Å². The van der Waals surface area contributed by atoms with Gasteiger partial charge < -0.3 is 25.2 Å². The predicted molar refractivity (Wildman–Crippen MR) is 91.0 cm³/mol. The summed E-state index contributed by atoms with van der Waals surface area (Å²) in [5, 5.41) is 20.6. The zero-order valence-electron chi connectivity index (χ0n) is 13.6. The Hall–Kier alpha value is -0.800. The predicted octanol–water partition coefficient (Wildman–Crippen LogP) is -1.35. The van der Waals surface area contributed by atoms with E-state index in [4.69, 9.17) is 5.73 Å². The lowest BCUT2D eigenvalue weighted by atomic mass is 10.0. The number of nitrogens with zero attached hydrogens (tertiary/aromatic N) is 2. The normalized spacial score (nSPS) is 35.4. The molecule has 0 aromatic heterocycles. The van der Waals surface area contributed by atoms with Crippen LogP contribution in [0.5, 0.6) is 0 Å². The number of carbonyl (C=O) groups is 2. The van der Waals surface area contributed by atoms with Gasteiger partial charge in [0.15, 0.2) is 0 Å². The van der Waals surface area contributed by atoms with Gasteiger partial charge in [0.2, 0.25) is 5.91 Å². The lowest BCUT2D eigenvalue weighted by Gasteiger charge is -2.50. The molecule has 0 bridgehead atoms. The molecule has 0 aliphatic carbocycles. The number of carboxylic acid groups (broad SMARTS) is 1. The van der Waals surface area contributed by atoms with E-state index >= 15 is 0 Å². The van der Waals surface area contributed by atoms with Crippen LogP contribution in [0.3, 0.4) is 0 Å². The van der Waals surface area contributed by atoms with Gasteiger partial charge in [-0.25, -0.2) is 0 Å². The minimum Gasteiger partial charge on any atom is -0.543 e. The highest BCUT2D eigenvalue weighted by Gasteiger charge is 2.51. The molecule has 0 spiro atoms. The van der Waals surface area contributed by atoms with Gasteiger partial charge in [0.25, 0.3) is 0 Å². The number of hydrogen-bond donors (Lipinski definition) is 2. The third-order valence-corrected chi connectivity index (χ3v) is 6.74. The highest BCUT2D eigenvalue weighted by atomic mass is 35.5. The van der Waals surface area contributed by atoms with Gasteiger partial charge in [-0.3, -0.25) is 9.69 Å². The number of hydrogen-bond acceptors (Lipinski definition) is 6. The first-order valence-corrected chi connectivity index (χ1v) is 9.02. The van der Waals surface area contributed by atoms with Crippen LogP contribution in [0.15, 0.2) is 11.3 Å². The van der Waals surface area contributed by atoms with Gasteiger partial charge in [-0.15, -0.1) is 24.2 Å². The highest BCUT2D eigenvalue weighted by molar-refractivity contribution is 8.00. The van der Waals surface area contributed by atoms with Crippen molar-refractivity contribution >= 4 is 36.0 Å². The van der Waals surface area contributed by atoms with Crippen molar-refractivity contribution in [3.63, 3.8) is 0 Å². The SMILES string of the molecule is C[N+]1(CC2=C(C(=O)[O-])N3C(=O)C(N)[C@@H]3SC2)CCCC1CCO.Cl. The maximum Gasteiger partial charge on any atom is 0.248 e. The fourth-order valence-electron chi connectivity index (χ4n) is 4.12. The minimum absolute atomic E-state index is 0. The van der Waals surface area contributed by atoms with Crippen molar-refractivity contribution in [2.45, 2.75) is 36.7 Å². The van der Waals surface area contributed by atoms with Crippen molar-refractivity contribution < 1.29 is 24.3 Å². The molecule has 0 aromatic carbocycles. The smallest absolute Gasteiger partial charge is 0.248 e. The third-order valence-electron chi connectivity index (χ3n) is 5.38. The van der Waals surface area contributed by atoms with Crippen LogP contribution in [0.25, 0.3) is 0 Å². The Kier molecular flexibility index (Phi) is 5.87. The number of aliphatic carboxylic acids is 1. The van der Waals surface area contributed by atoms with E-state index in [0.717, 1.165) is 25.0 Å². The Labute approximate surface area is 151 Å². The molecule has 9 heteroatoms. The van der Waals surface area contributed by atoms with E-state index in [1.165, 1.54) is 16.7 Å². The molecule has 0 aromatic rings. The van der Waals surface area contributed by atoms with E-state index in [1.807, 2.05) is 0 Å². The van der Waals surface area contributed by atoms with Crippen LogP contribution < -0.4 is 10.8 Å². The summed E-state index contributed by atoms with van der Waals surface area (Å²) in [7, 11) is 2.10. The number of likely N-dealkylation sites (tertiary alicyclic amines) is 1. The number of nitrogens with two attached hydrogens (primary N) is 1. The number of β-lactam (4-membered cyclic amide) rings is 1. The van der Waals surface area contributed by atoms with Crippen molar-refractivity contribution in [1.82, 2.24) is 4.90 Å². The van der Waals surface area contributed by atoms with Crippen molar-refractivity contribution in [3.05, 3.63) is 11.3 Å². The van der Waals surface area contributed by atoms with Crippen LogP contribution in [-0.2, 0) is 9.59 Å². The van der Waals surface area contributed by atoms with Gasteiger partial charge in [0.05, 0.1) is 31.3 Å². The molecule has 2 saturated heterocycles. The number of rotatable bonds is 5. The molecule has 3 heterocycles. The second kappa shape index (κ2) is 7.21. The second-order valence-electron chi connectivity index (χ2n) is 6.84. The summed E-state index contributed by atoms with van der Waals surface area (Å²) in [5.74, 6) is -1.07. The lowest BCUT2D eigenvalue weighted by Crippen LogP contribution is -2.69. The van der Waals surface area contributed by atoms with Crippen LogP contribution in [-0.4, -0.2) is 76.3 Å². The first-order valence-electron chi connectivity index (χ1n) is 7.98. The Morgan fingerprint density at radius 3 is 2.88 bits per heavy atom. The van der Waals surface area contributed by atoms with Gasteiger partial charge in [-0.05, 0) is 0 Å². The summed E-state index contributed by atoms with van der Waals surface area (Å²) in [4.78, 5) is 24.9. The molecule has 0 radical (unpaired) electrons. The lowest BCUT2D eigenvalue weighted by molar-refractivity contribution is -0.917. The zero-order chi connectivity index (χ0) is 16.8. The van der Waals surface area contributed by atoms with E-state index in [0.29, 0.717) is 29.2 Å². The van der Waals surface area contributed by atoms with E-state index in [1.54, 1.807) is 0 Å². The van der Waals surface area contributed by atoms with Gasteiger partial charge >= 0.3 is 0 Å². The quantitative estimate of drug-likeness (QED) is 0.453. The summed E-state index contributed by atoms with van der Waals surface area (Å²) in [6.07, 6.45) is 2.82. The number of likely N-dealkylation sites (N-methyl/N-ethyl adjacent to an activating group) is 1. The average molecular weight is 378 g/mol.